The number of halogens is 1. The largest absolute Gasteiger partial charge is 0.520 e. The fraction of sp³-hybridized carbons (Fsp3) is 0.571. The SMILES string of the molecule is CC(C)[Si]1(C(C)C)Oc2ccc(F)cc2[Si](C)(C)O1. The first-order valence-electron chi connectivity index (χ1n) is 6.88. The van der Waals surface area contributed by atoms with Gasteiger partial charge in [0.1, 0.15) is 11.6 Å². The Morgan fingerprint density at radius 2 is 1.63 bits per heavy atom. The Morgan fingerprint density at radius 1 is 1.05 bits per heavy atom. The van der Waals surface area contributed by atoms with E-state index in [1.165, 1.54) is 6.07 Å². The number of hydrogen-bond acceptors (Lipinski definition) is 2. The third kappa shape index (κ3) is 2.39. The van der Waals surface area contributed by atoms with Crippen molar-refractivity contribution in [3.63, 3.8) is 0 Å². The van der Waals surface area contributed by atoms with Crippen LogP contribution in [0.1, 0.15) is 27.7 Å². The van der Waals surface area contributed by atoms with E-state index in [4.69, 9.17) is 8.54 Å². The molecule has 1 aliphatic rings. The van der Waals surface area contributed by atoms with E-state index in [1.807, 2.05) is 0 Å². The first kappa shape index (κ1) is 14.7. The second kappa shape index (κ2) is 4.72. The predicted molar refractivity (Wildman–Crippen MR) is 81.2 cm³/mol. The number of hydrogen-bond donors (Lipinski definition) is 0. The number of benzene rings is 1. The summed E-state index contributed by atoms with van der Waals surface area (Å²) in [5.41, 5.74) is 0.745. The van der Waals surface area contributed by atoms with Crippen molar-refractivity contribution in [1.82, 2.24) is 0 Å². The standard InChI is InChI=1S/C14H23FO2Si2/c1-10(2)19(11(3)4)16-13-8-7-12(15)9-14(13)18(5,6)17-19/h7-11H,1-6H3. The van der Waals surface area contributed by atoms with Gasteiger partial charge in [-0.1, -0.05) is 27.7 Å². The average Bonchev–Trinajstić information content (AvgIpc) is 2.28. The van der Waals surface area contributed by atoms with Crippen LogP contribution in [0.15, 0.2) is 18.2 Å². The Hall–Kier alpha value is -0.656. The number of fused-ring (bicyclic) bond motifs is 1. The van der Waals surface area contributed by atoms with Crippen LogP contribution in [0.4, 0.5) is 4.39 Å². The van der Waals surface area contributed by atoms with Crippen molar-refractivity contribution in [2.45, 2.75) is 51.9 Å². The molecule has 2 rings (SSSR count). The van der Waals surface area contributed by atoms with Gasteiger partial charge in [0.25, 0.3) is 0 Å². The molecular weight excluding hydrogens is 275 g/mol. The van der Waals surface area contributed by atoms with Gasteiger partial charge in [-0.05, 0) is 31.3 Å². The molecule has 5 heteroatoms. The average molecular weight is 299 g/mol. The summed E-state index contributed by atoms with van der Waals surface area (Å²) in [7, 11) is -4.41. The molecule has 0 aromatic heterocycles. The van der Waals surface area contributed by atoms with E-state index in [0.29, 0.717) is 11.1 Å². The van der Waals surface area contributed by atoms with Crippen molar-refractivity contribution in [1.29, 1.82) is 0 Å². The van der Waals surface area contributed by atoms with Gasteiger partial charge < -0.3 is 8.54 Å². The molecule has 0 aliphatic carbocycles. The van der Waals surface area contributed by atoms with Gasteiger partial charge in [-0.25, -0.2) is 4.39 Å². The van der Waals surface area contributed by atoms with Gasteiger partial charge >= 0.3 is 8.56 Å². The maximum absolute atomic E-state index is 13.5. The molecule has 1 heterocycles. The van der Waals surface area contributed by atoms with Crippen molar-refractivity contribution in [3.8, 4) is 5.75 Å². The van der Waals surface area contributed by atoms with Crippen LogP contribution in [-0.4, -0.2) is 16.9 Å². The van der Waals surface area contributed by atoms with Crippen LogP contribution in [0.5, 0.6) is 5.75 Å². The van der Waals surface area contributed by atoms with Crippen molar-refractivity contribution in [2.24, 2.45) is 0 Å². The van der Waals surface area contributed by atoms with E-state index in [-0.39, 0.29) is 5.82 Å². The van der Waals surface area contributed by atoms with E-state index >= 15 is 0 Å². The van der Waals surface area contributed by atoms with E-state index < -0.39 is 16.9 Å². The second-order valence-electron chi connectivity index (χ2n) is 6.39. The summed E-state index contributed by atoms with van der Waals surface area (Å²) in [5.74, 6) is 0.633. The van der Waals surface area contributed by atoms with E-state index in [9.17, 15) is 4.39 Å². The molecule has 19 heavy (non-hydrogen) atoms. The van der Waals surface area contributed by atoms with Crippen LogP contribution >= 0.6 is 0 Å². The lowest BCUT2D eigenvalue weighted by molar-refractivity contribution is 0.338. The highest BCUT2D eigenvalue weighted by Crippen LogP contribution is 2.40. The summed E-state index contributed by atoms with van der Waals surface area (Å²) in [6.07, 6.45) is 0. The third-order valence-electron chi connectivity index (χ3n) is 3.88. The molecule has 0 unspecified atom stereocenters. The minimum absolute atomic E-state index is 0.213. The Morgan fingerprint density at radius 3 is 2.16 bits per heavy atom. The lowest BCUT2D eigenvalue weighted by Gasteiger charge is -2.47. The zero-order valence-corrected chi connectivity index (χ0v) is 14.6. The van der Waals surface area contributed by atoms with Crippen LogP contribution < -0.4 is 9.61 Å². The Labute approximate surface area is 117 Å². The smallest absolute Gasteiger partial charge is 0.394 e. The van der Waals surface area contributed by atoms with Crippen molar-refractivity contribution in [3.05, 3.63) is 24.0 Å². The molecule has 2 nitrogen and oxygen atoms in total. The Balaban J connectivity index is 2.56. The molecule has 106 valence electrons. The fourth-order valence-electron chi connectivity index (χ4n) is 2.85. The van der Waals surface area contributed by atoms with Crippen LogP contribution in [0.25, 0.3) is 0 Å². The van der Waals surface area contributed by atoms with E-state index in [1.54, 1.807) is 12.1 Å². The van der Waals surface area contributed by atoms with Gasteiger partial charge in [-0.2, -0.15) is 0 Å². The van der Waals surface area contributed by atoms with Crippen LogP contribution in [0.2, 0.25) is 24.2 Å². The molecule has 0 saturated heterocycles. The minimum atomic E-state index is -2.30. The highest BCUT2D eigenvalue weighted by atomic mass is 28.4. The summed E-state index contributed by atoms with van der Waals surface area (Å²) >= 11 is 0. The van der Waals surface area contributed by atoms with Gasteiger partial charge in [0.05, 0.1) is 0 Å². The van der Waals surface area contributed by atoms with E-state index in [0.717, 1.165) is 10.9 Å². The Bertz CT molecular complexity index is 478. The highest BCUT2D eigenvalue weighted by molar-refractivity contribution is 6.94. The molecular formula is C14H23FO2Si2. The monoisotopic (exact) mass is 298 g/mol. The molecule has 0 atom stereocenters. The maximum atomic E-state index is 13.5. The molecule has 0 fully saturated rings. The second-order valence-corrected chi connectivity index (χ2v) is 14.7. The van der Waals surface area contributed by atoms with Gasteiger partial charge in [-0.15, -0.1) is 0 Å². The van der Waals surface area contributed by atoms with Gasteiger partial charge in [-0.3, -0.25) is 0 Å². The molecule has 1 aliphatic heterocycles. The maximum Gasteiger partial charge on any atom is 0.394 e. The van der Waals surface area contributed by atoms with Gasteiger partial charge in [0, 0.05) is 16.3 Å². The summed E-state index contributed by atoms with van der Waals surface area (Å²) < 4.78 is 26.3. The molecule has 0 radical (unpaired) electrons. The first-order valence-corrected chi connectivity index (χ1v) is 11.8. The summed E-state index contributed by atoms with van der Waals surface area (Å²) in [5, 5.41) is 0.942. The third-order valence-corrected chi connectivity index (χ3v) is 12.6. The molecule has 0 N–H and O–H groups in total. The van der Waals surface area contributed by atoms with Crippen molar-refractivity contribution in [2.75, 3.05) is 0 Å². The Kier molecular flexibility index (Phi) is 3.66. The van der Waals surface area contributed by atoms with Gasteiger partial charge in [0.2, 0.25) is 8.32 Å². The zero-order valence-electron chi connectivity index (χ0n) is 12.6. The van der Waals surface area contributed by atoms with Crippen molar-refractivity contribution >= 4 is 22.1 Å². The minimum Gasteiger partial charge on any atom is -0.520 e. The molecule has 1 aromatic carbocycles. The topological polar surface area (TPSA) is 18.5 Å². The molecule has 0 spiro atoms. The van der Waals surface area contributed by atoms with Crippen LogP contribution in [-0.2, 0) is 4.12 Å². The summed E-state index contributed by atoms with van der Waals surface area (Å²) in [6.45, 7) is 13.0. The molecule has 1 aromatic rings. The normalized spacial score (nSPS) is 20.3. The molecule has 0 saturated carbocycles. The summed E-state index contributed by atoms with van der Waals surface area (Å²) in [6, 6.07) is 4.84. The highest BCUT2D eigenvalue weighted by Gasteiger charge is 2.54. The molecule has 0 bridgehead atoms. The lowest BCUT2D eigenvalue weighted by atomic mass is 10.3. The fourth-order valence-corrected chi connectivity index (χ4v) is 12.2. The predicted octanol–water partition coefficient (Wildman–Crippen LogP) is 3.91. The van der Waals surface area contributed by atoms with E-state index in [2.05, 4.69) is 40.8 Å². The van der Waals surface area contributed by atoms with Crippen molar-refractivity contribution < 1.29 is 12.9 Å². The van der Waals surface area contributed by atoms with Crippen LogP contribution in [0.3, 0.4) is 0 Å². The summed E-state index contributed by atoms with van der Waals surface area (Å²) in [4.78, 5) is 0. The zero-order chi connectivity index (χ0) is 14.4. The van der Waals surface area contributed by atoms with Crippen LogP contribution in [0, 0.1) is 5.82 Å². The number of rotatable bonds is 2. The first-order chi connectivity index (χ1) is 8.69. The quantitative estimate of drug-likeness (QED) is 0.771. The van der Waals surface area contributed by atoms with Gasteiger partial charge in [0.15, 0.2) is 0 Å². The lowest BCUT2D eigenvalue weighted by Crippen LogP contribution is -2.65. The molecule has 0 amide bonds.